The first-order valence-electron chi connectivity index (χ1n) is 9.59. The molecule has 0 saturated carbocycles. The smallest absolute Gasteiger partial charge is 0.227 e. The molecule has 1 aliphatic rings. The van der Waals surface area contributed by atoms with Crippen molar-refractivity contribution in [1.29, 1.82) is 0 Å². The van der Waals surface area contributed by atoms with Gasteiger partial charge in [0.05, 0.1) is 6.54 Å². The Morgan fingerprint density at radius 2 is 1.85 bits per heavy atom. The summed E-state index contributed by atoms with van der Waals surface area (Å²) in [5.74, 6) is 1.78. The summed E-state index contributed by atoms with van der Waals surface area (Å²) in [7, 11) is 0. The molecule has 0 unspecified atom stereocenters. The van der Waals surface area contributed by atoms with E-state index in [2.05, 4.69) is 48.5 Å². The van der Waals surface area contributed by atoms with Gasteiger partial charge in [0.2, 0.25) is 5.91 Å². The van der Waals surface area contributed by atoms with Crippen LogP contribution in [0.15, 0.2) is 29.3 Å². The average molecular weight is 472 g/mol. The second kappa shape index (κ2) is 12.1. The number of carbonyl (C=O) groups is 1. The highest BCUT2D eigenvalue weighted by Crippen LogP contribution is 2.21. The van der Waals surface area contributed by atoms with Crippen molar-refractivity contribution in [3.05, 3.63) is 29.8 Å². The van der Waals surface area contributed by atoms with Gasteiger partial charge in [-0.2, -0.15) is 0 Å². The predicted octanol–water partition coefficient (Wildman–Crippen LogP) is 3.92. The minimum Gasteiger partial charge on any atom is -0.357 e. The number of nitrogens with one attached hydrogen (secondary N) is 2. The fourth-order valence-corrected chi connectivity index (χ4v) is 3.03. The van der Waals surface area contributed by atoms with Crippen molar-refractivity contribution in [2.24, 2.45) is 10.9 Å². The lowest BCUT2D eigenvalue weighted by Gasteiger charge is -2.17. The van der Waals surface area contributed by atoms with Gasteiger partial charge in [-0.3, -0.25) is 4.79 Å². The highest BCUT2D eigenvalue weighted by atomic mass is 127. The van der Waals surface area contributed by atoms with Crippen LogP contribution in [-0.4, -0.2) is 31.5 Å². The number of benzene rings is 1. The Balaban J connectivity index is 0.00000338. The van der Waals surface area contributed by atoms with Crippen molar-refractivity contribution in [3.63, 3.8) is 0 Å². The number of anilines is 1. The predicted molar refractivity (Wildman–Crippen MR) is 120 cm³/mol. The molecule has 1 aromatic rings. The summed E-state index contributed by atoms with van der Waals surface area (Å²) in [5.41, 5.74) is 2.14. The Morgan fingerprint density at radius 3 is 2.38 bits per heavy atom. The lowest BCUT2D eigenvalue weighted by molar-refractivity contribution is -0.117. The summed E-state index contributed by atoms with van der Waals surface area (Å²) in [6.45, 7) is 9.81. The maximum atomic E-state index is 11.8. The van der Waals surface area contributed by atoms with Gasteiger partial charge in [-0.05, 0) is 37.0 Å². The molecule has 146 valence electrons. The van der Waals surface area contributed by atoms with Crippen LogP contribution in [0.5, 0.6) is 0 Å². The van der Waals surface area contributed by atoms with Crippen LogP contribution in [-0.2, 0) is 11.3 Å². The van der Waals surface area contributed by atoms with Gasteiger partial charge >= 0.3 is 0 Å². The monoisotopic (exact) mass is 472 g/mol. The van der Waals surface area contributed by atoms with E-state index in [0.717, 1.165) is 43.3 Å². The second-order valence-corrected chi connectivity index (χ2v) is 6.57. The van der Waals surface area contributed by atoms with Crippen molar-refractivity contribution >= 4 is 41.5 Å². The third-order valence-electron chi connectivity index (χ3n) is 4.80. The molecule has 0 radical (unpaired) electrons. The van der Waals surface area contributed by atoms with Crippen LogP contribution in [0.3, 0.4) is 0 Å². The van der Waals surface area contributed by atoms with Crippen LogP contribution >= 0.6 is 24.0 Å². The maximum absolute atomic E-state index is 11.8. The zero-order valence-electron chi connectivity index (χ0n) is 16.3. The summed E-state index contributed by atoms with van der Waals surface area (Å²) in [4.78, 5) is 18.4. The van der Waals surface area contributed by atoms with E-state index in [4.69, 9.17) is 0 Å². The number of carbonyl (C=O) groups excluding carboxylic acids is 1. The molecule has 2 rings (SSSR count). The van der Waals surface area contributed by atoms with Crippen LogP contribution in [0.4, 0.5) is 5.69 Å². The third kappa shape index (κ3) is 6.78. The molecule has 26 heavy (non-hydrogen) atoms. The Hall–Kier alpha value is -1.31. The molecule has 1 aromatic carbocycles. The van der Waals surface area contributed by atoms with Gasteiger partial charge in [-0.1, -0.05) is 38.8 Å². The van der Waals surface area contributed by atoms with E-state index in [9.17, 15) is 4.79 Å². The number of halogens is 1. The van der Waals surface area contributed by atoms with Crippen LogP contribution < -0.4 is 15.5 Å². The van der Waals surface area contributed by atoms with E-state index in [1.807, 2.05) is 17.0 Å². The van der Waals surface area contributed by atoms with Crippen molar-refractivity contribution in [2.75, 3.05) is 24.5 Å². The molecule has 0 bridgehead atoms. The van der Waals surface area contributed by atoms with Gasteiger partial charge in [-0.25, -0.2) is 4.99 Å². The largest absolute Gasteiger partial charge is 0.357 e. The molecular weight excluding hydrogens is 439 g/mol. The summed E-state index contributed by atoms with van der Waals surface area (Å²) in [6, 6.07) is 8.18. The van der Waals surface area contributed by atoms with Crippen LogP contribution in [0.1, 0.15) is 52.0 Å². The molecule has 6 heteroatoms. The van der Waals surface area contributed by atoms with Gasteiger partial charge < -0.3 is 15.5 Å². The molecule has 0 aliphatic carbocycles. The standard InChI is InChI=1S/C20H32N4O.HI/c1-4-16(5-2)14-22-20(21-6-3)23-15-17-9-11-18(12-10-17)24-13-7-8-19(24)25;/h9-12,16H,4-8,13-15H2,1-3H3,(H2,21,22,23);1H. The molecule has 0 aromatic heterocycles. The summed E-state index contributed by atoms with van der Waals surface area (Å²) in [5, 5.41) is 6.75. The zero-order chi connectivity index (χ0) is 18.1. The molecule has 1 fully saturated rings. The van der Waals surface area contributed by atoms with Crippen LogP contribution in [0, 0.1) is 5.92 Å². The number of hydrogen-bond acceptors (Lipinski definition) is 2. The van der Waals surface area contributed by atoms with E-state index >= 15 is 0 Å². The van der Waals surface area contributed by atoms with E-state index in [1.165, 1.54) is 12.8 Å². The highest BCUT2D eigenvalue weighted by Gasteiger charge is 2.21. The summed E-state index contributed by atoms with van der Waals surface area (Å²) < 4.78 is 0. The summed E-state index contributed by atoms with van der Waals surface area (Å²) in [6.07, 6.45) is 3.98. The molecule has 1 saturated heterocycles. The number of amides is 1. The fourth-order valence-electron chi connectivity index (χ4n) is 3.03. The zero-order valence-corrected chi connectivity index (χ0v) is 18.6. The lowest BCUT2D eigenvalue weighted by Crippen LogP contribution is -2.39. The topological polar surface area (TPSA) is 56.7 Å². The third-order valence-corrected chi connectivity index (χ3v) is 4.80. The van der Waals surface area contributed by atoms with Crippen LogP contribution in [0.25, 0.3) is 0 Å². The number of nitrogens with zero attached hydrogens (tertiary/aromatic N) is 2. The Labute approximate surface area is 175 Å². The lowest BCUT2D eigenvalue weighted by atomic mass is 10.0. The molecule has 1 aliphatic heterocycles. The van der Waals surface area contributed by atoms with Crippen molar-refractivity contribution in [3.8, 4) is 0 Å². The Morgan fingerprint density at radius 1 is 1.15 bits per heavy atom. The van der Waals surface area contributed by atoms with Gasteiger partial charge in [0.1, 0.15) is 0 Å². The van der Waals surface area contributed by atoms with Gasteiger partial charge in [0.15, 0.2) is 5.96 Å². The number of guanidine groups is 1. The highest BCUT2D eigenvalue weighted by molar-refractivity contribution is 14.0. The van der Waals surface area contributed by atoms with Gasteiger partial charge in [-0.15, -0.1) is 24.0 Å². The van der Waals surface area contributed by atoms with E-state index in [0.29, 0.717) is 18.9 Å². The first-order chi connectivity index (χ1) is 12.2. The van der Waals surface area contributed by atoms with E-state index < -0.39 is 0 Å². The van der Waals surface area contributed by atoms with E-state index in [-0.39, 0.29) is 29.9 Å². The second-order valence-electron chi connectivity index (χ2n) is 6.57. The summed E-state index contributed by atoms with van der Waals surface area (Å²) >= 11 is 0. The molecule has 1 amide bonds. The quantitative estimate of drug-likeness (QED) is 0.343. The maximum Gasteiger partial charge on any atom is 0.227 e. The molecule has 0 spiro atoms. The van der Waals surface area contributed by atoms with Crippen molar-refractivity contribution < 1.29 is 4.79 Å². The normalized spacial score (nSPS) is 14.5. The van der Waals surface area contributed by atoms with Crippen LogP contribution in [0.2, 0.25) is 0 Å². The molecule has 2 N–H and O–H groups in total. The molecule has 1 heterocycles. The Kier molecular flexibility index (Phi) is 10.6. The van der Waals surface area contributed by atoms with Crippen molar-refractivity contribution in [2.45, 2.75) is 53.0 Å². The average Bonchev–Trinajstić information content (AvgIpc) is 3.07. The minimum atomic E-state index is 0. The van der Waals surface area contributed by atoms with E-state index in [1.54, 1.807) is 0 Å². The minimum absolute atomic E-state index is 0. The number of rotatable bonds is 8. The van der Waals surface area contributed by atoms with Gasteiger partial charge in [0.25, 0.3) is 0 Å². The number of hydrogen-bond donors (Lipinski definition) is 2. The van der Waals surface area contributed by atoms with Gasteiger partial charge in [0, 0.05) is 31.7 Å². The first-order valence-corrected chi connectivity index (χ1v) is 9.59. The molecule has 0 atom stereocenters. The SMILES string of the molecule is CCNC(=NCc1ccc(N2CCCC2=O)cc1)NCC(CC)CC.I. The Bertz CT molecular complexity index is 570. The number of aliphatic imine (C=N–C) groups is 1. The molecule has 5 nitrogen and oxygen atoms in total. The van der Waals surface area contributed by atoms with Crippen molar-refractivity contribution in [1.82, 2.24) is 10.6 Å². The first kappa shape index (κ1) is 22.7. The molecular formula is C20H33IN4O. The fraction of sp³-hybridized carbons (Fsp3) is 0.600.